The average Bonchev–Trinajstić information content (AvgIpc) is 2.15. The lowest BCUT2D eigenvalue weighted by Gasteiger charge is -1.87. The summed E-state index contributed by atoms with van der Waals surface area (Å²) in [5.41, 5.74) is 6.58. The zero-order valence-electron chi connectivity index (χ0n) is 5.11. The highest BCUT2D eigenvalue weighted by Crippen LogP contribution is 2.15. The van der Waals surface area contributed by atoms with Gasteiger partial charge in [0, 0.05) is 0 Å². The summed E-state index contributed by atoms with van der Waals surface area (Å²) in [7, 11) is 0. The van der Waals surface area contributed by atoms with Crippen LogP contribution in [-0.2, 0) is 6.42 Å². The molecule has 0 saturated carbocycles. The van der Waals surface area contributed by atoms with E-state index in [1.165, 1.54) is 0 Å². The number of rotatable bonds is 1. The highest BCUT2D eigenvalue weighted by Gasteiger charge is 2.03. The fraction of sp³-hybridized carbons (Fsp3) is 0.400. The molecule has 0 spiro atoms. The number of nitrogens with two attached hydrogens (primary N) is 1. The number of aryl methyl sites for hydroxylation is 1. The van der Waals surface area contributed by atoms with E-state index < -0.39 is 0 Å². The first-order chi connectivity index (χ1) is 4.25. The molecule has 0 radical (unpaired) electrons. The molecule has 0 saturated heterocycles. The van der Waals surface area contributed by atoms with Crippen molar-refractivity contribution in [1.82, 2.24) is 10.2 Å². The van der Waals surface area contributed by atoms with Crippen molar-refractivity contribution in [3.05, 3.63) is 9.26 Å². The number of nitrogen functional groups attached to an aromatic ring is 1. The summed E-state index contributed by atoms with van der Waals surface area (Å²) in [6, 6.07) is 0. The van der Waals surface area contributed by atoms with Crippen LogP contribution in [0, 0.1) is 3.57 Å². The van der Waals surface area contributed by atoms with Crippen LogP contribution in [-0.4, -0.2) is 10.2 Å². The first-order valence-corrected chi connectivity index (χ1v) is 3.81. The third kappa shape index (κ3) is 1.17. The summed E-state index contributed by atoms with van der Waals surface area (Å²) in [6.07, 6.45) is 0.961. The molecule has 0 bridgehead atoms. The second kappa shape index (κ2) is 2.55. The Morgan fingerprint density at radius 2 is 2.44 bits per heavy atom. The molecular weight excluding hydrogens is 229 g/mol. The Bertz CT molecular complexity index is 206. The number of nitrogens with zero attached hydrogens (tertiary/aromatic N) is 1. The molecule has 3 N–H and O–H groups in total. The van der Waals surface area contributed by atoms with Crippen LogP contribution in [0.1, 0.15) is 12.6 Å². The van der Waals surface area contributed by atoms with Crippen molar-refractivity contribution < 1.29 is 0 Å². The standard InChI is InChI=1S/C5H8IN3/c1-2-3-4(6)5(7)9-8-3/h2H2,1H3,(H3,7,8,9). The third-order valence-corrected chi connectivity index (χ3v) is 2.36. The Balaban J connectivity index is 3.04. The summed E-state index contributed by atoms with van der Waals surface area (Å²) < 4.78 is 1.05. The van der Waals surface area contributed by atoms with Gasteiger partial charge in [0.15, 0.2) is 5.82 Å². The maximum absolute atomic E-state index is 5.47. The highest BCUT2D eigenvalue weighted by molar-refractivity contribution is 14.1. The molecule has 0 amide bonds. The van der Waals surface area contributed by atoms with Gasteiger partial charge in [-0.2, -0.15) is 5.10 Å². The van der Waals surface area contributed by atoms with E-state index in [1.54, 1.807) is 0 Å². The fourth-order valence-electron chi connectivity index (χ4n) is 0.615. The van der Waals surface area contributed by atoms with Gasteiger partial charge >= 0.3 is 0 Å². The van der Waals surface area contributed by atoms with Crippen LogP contribution in [0.25, 0.3) is 0 Å². The van der Waals surface area contributed by atoms with Crippen molar-refractivity contribution >= 4 is 28.4 Å². The minimum atomic E-state index is 0.604. The summed E-state index contributed by atoms with van der Waals surface area (Å²) in [5.74, 6) is 0.604. The van der Waals surface area contributed by atoms with Gasteiger partial charge < -0.3 is 5.73 Å². The second-order valence-electron chi connectivity index (χ2n) is 1.75. The van der Waals surface area contributed by atoms with E-state index in [0.29, 0.717) is 5.82 Å². The van der Waals surface area contributed by atoms with Crippen LogP contribution in [0.2, 0.25) is 0 Å². The van der Waals surface area contributed by atoms with Crippen molar-refractivity contribution in [2.75, 3.05) is 5.73 Å². The zero-order chi connectivity index (χ0) is 6.85. The van der Waals surface area contributed by atoms with E-state index in [1.807, 2.05) is 0 Å². The number of nitrogens with one attached hydrogen (secondary N) is 1. The Kier molecular flexibility index (Phi) is 1.94. The monoisotopic (exact) mass is 237 g/mol. The smallest absolute Gasteiger partial charge is 0.158 e. The summed E-state index contributed by atoms with van der Waals surface area (Å²) in [4.78, 5) is 0. The summed E-state index contributed by atoms with van der Waals surface area (Å²) in [5, 5.41) is 6.67. The van der Waals surface area contributed by atoms with Gasteiger partial charge in [-0.25, -0.2) is 0 Å². The number of hydrogen-bond donors (Lipinski definition) is 2. The molecule has 1 aromatic heterocycles. The molecule has 1 heterocycles. The van der Waals surface area contributed by atoms with Gasteiger partial charge in [0.1, 0.15) is 0 Å². The quantitative estimate of drug-likeness (QED) is 0.720. The molecule has 4 heteroatoms. The highest BCUT2D eigenvalue weighted by atomic mass is 127. The van der Waals surface area contributed by atoms with Crippen molar-refractivity contribution in [1.29, 1.82) is 0 Å². The number of anilines is 1. The second-order valence-corrected chi connectivity index (χ2v) is 2.83. The fourth-order valence-corrected chi connectivity index (χ4v) is 1.24. The normalized spacial score (nSPS) is 10.0. The average molecular weight is 237 g/mol. The zero-order valence-corrected chi connectivity index (χ0v) is 7.27. The first-order valence-electron chi connectivity index (χ1n) is 2.74. The molecule has 0 aliphatic heterocycles. The van der Waals surface area contributed by atoms with Gasteiger partial charge in [-0.15, -0.1) is 0 Å². The molecule has 0 aromatic carbocycles. The molecule has 0 aliphatic carbocycles. The predicted octanol–water partition coefficient (Wildman–Crippen LogP) is 1.16. The van der Waals surface area contributed by atoms with Crippen molar-refractivity contribution in [2.45, 2.75) is 13.3 Å². The molecule has 0 atom stereocenters. The Morgan fingerprint density at radius 3 is 2.67 bits per heavy atom. The van der Waals surface area contributed by atoms with Gasteiger partial charge in [0.25, 0.3) is 0 Å². The topological polar surface area (TPSA) is 54.7 Å². The number of aromatic amines is 1. The van der Waals surface area contributed by atoms with E-state index in [2.05, 4.69) is 39.7 Å². The van der Waals surface area contributed by atoms with Crippen LogP contribution in [0.5, 0.6) is 0 Å². The minimum Gasteiger partial charge on any atom is -0.381 e. The molecule has 9 heavy (non-hydrogen) atoms. The Morgan fingerprint density at radius 1 is 1.78 bits per heavy atom. The van der Waals surface area contributed by atoms with E-state index in [0.717, 1.165) is 15.7 Å². The largest absolute Gasteiger partial charge is 0.381 e. The molecule has 1 aromatic rings. The minimum absolute atomic E-state index is 0.604. The molecule has 0 aliphatic rings. The van der Waals surface area contributed by atoms with Gasteiger partial charge in [-0.05, 0) is 29.0 Å². The van der Waals surface area contributed by atoms with Crippen LogP contribution < -0.4 is 5.73 Å². The lowest BCUT2D eigenvalue weighted by Crippen LogP contribution is -1.86. The SMILES string of the molecule is CCc1[nH]nc(N)c1I. The molecular formula is C5H8IN3. The predicted molar refractivity (Wildman–Crippen MR) is 45.1 cm³/mol. The maximum atomic E-state index is 5.47. The number of halogens is 1. The van der Waals surface area contributed by atoms with Crippen molar-refractivity contribution in [2.24, 2.45) is 0 Å². The number of H-pyrrole nitrogens is 1. The van der Waals surface area contributed by atoms with Crippen LogP contribution in [0.15, 0.2) is 0 Å². The summed E-state index contributed by atoms with van der Waals surface area (Å²) >= 11 is 2.18. The number of hydrogen-bond acceptors (Lipinski definition) is 2. The van der Waals surface area contributed by atoms with E-state index in [9.17, 15) is 0 Å². The van der Waals surface area contributed by atoms with E-state index in [-0.39, 0.29) is 0 Å². The number of aromatic nitrogens is 2. The van der Waals surface area contributed by atoms with E-state index in [4.69, 9.17) is 5.73 Å². The van der Waals surface area contributed by atoms with Crippen LogP contribution in [0.4, 0.5) is 5.82 Å². The Labute approximate surface area is 67.2 Å². The van der Waals surface area contributed by atoms with Gasteiger partial charge in [-0.3, -0.25) is 5.10 Å². The van der Waals surface area contributed by atoms with Crippen LogP contribution in [0.3, 0.4) is 0 Å². The molecule has 0 unspecified atom stereocenters. The lowest BCUT2D eigenvalue weighted by molar-refractivity contribution is 0.973. The molecule has 0 fully saturated rings. The van der Waals surface area contributed by atoms with Crippen LogP contribution >= 0.6 is 22.6 Å². The molecule has 3 nitrogen and oxygen atoms in total. The lowest BCUT2D eigenvalue weighted by atomic mass is 10.3. The van der Waals surface area contributed by atoms with Gasteiger partial charge in [0.2, 0.25) is 0 Å². The third-order valence-electron chi connectivity index (χ3n) is 1.15. The van der Waals surface area contributed by atoms with Crippen molar-refractivity contribution in [3.8, 4) is 0 Å². The maximum Gasteiger partial charge on any atom is 0.158 e. The van der Waals surface area contributed by atoms with Crippen molar-refractivity contribution in [3.63, 3.8) is 0 Å². The van der Waals surface area contributed by atoms with Gasteiger partial charge in [-0.1, -0.05) is 6.92 Å². The van der Waals surface area contributed by atoms with E-state index >= 15 is 0 Å². The molecule has 1 rings (SSSR count). The van der Waals surface area contributed by atoms with Gasteiger partial charge in [0.05, 0.1) is 9.26 Å². The summed E-state index contributed by atoms with van der Waals surface area (Å²) in [6.45, 7) is 2.06. The molecule has 50 valence electrons. The first kappa shape index (κ1) is 6.85. The Hall–Kier alpha value is -0.260.